The Labute approximate surface area is 114 Å². The zero-order chi connectivity index (χ0) is 13.8. The van der Waals surface area contributed by atoms with Crippen LogP contribution in [0.2, 0.25) is 0 Å². The van der Waals surface area contributed by atoms with E-state index in [9.17, 15) is 9.59 Å². The molecule has 1 atom stereocenters. The van der Waals surface area contributed by atoms with Crippen molar-refractivity contribution in [2.24, 2.45) is 5.92 Å². The summed E-state index contributed by atoms with van der Waals surface area (Å²) in [5, 5.41) is 1.23. The quantitative estimate of drug-likeness (QED) is 0.577. The van der Waals surface area contributed by atoms with Crippen LogP contribution in [-0.2, 0) is 14.4 Å². The molecule has 19 heavy (non-hydrogen) atoms. The van der Waals surface area contributed by atoms with Gasteiger partial charge in [-0.05, 0) is 12.8 Å². The molecule has 0 aromatic rings. The van der Waals surface area contributed by atoms with E-state index >= 15 is 0 Å². The zero-order valence-electron chi connectivity index (χ0n) is 11.9. The van der Waals surface area contributed by atoms with Crippen LogP contribution in [0.3, 0.4) is 0 Å². The molecule has 0 spiro atoms. The molecule has 0 aromatic carbocycles. The maximum absolute atomic E-state index is 12.1. The number of carbonyl (C=O) groups excluding carboxylic acids is 2. The molecule has 1 saturated heterocycles. The van der Waals surface area contributed by atoms with E-state index in [-0.39, 0.29) is 17.7 Å². The number of nitrogens with zero attached hydrogens (tertiary/aromatic N) is 2. The molecule has 0 N–H and O–H groups in total. The summed E-state index contributed by atoms with van der Waals surface area (Å²) < 4.78 is 0. The normalized spacial score (nSPS) is 25.5. The van der Waals surface area contributed by atoms with E-state index in [2.05, 4.69) is 0 Å². The van der Waals surface area contributed by atoms with Crippen molar-refractivity contribution in [1.82, 2.24) is 9.96 Å². The van der Waals surface area contributed by atoms with Crippen LogP contribution >= 0.6 is 0 Å². The first-order valence-corrected chi connectivity index (χ1v) is 7.24. The molecule has 5 heteroatoms. The minimum absolute atomic E-state index is 0.0908. The minimum Gasteiger partial charge on any atom is -0.339 e. The van der Waals surface area contributed by atoms with Crippen molar-refractivity contribution in [2.45, 2.75) is 51.0 Å². The van der Waals surface area contributed by atoms with Gasteiger partial charge in [-0.1, -0.05) is 25.7 Å². The van der Waals surface area contributed by atoms with Gasteiger partial charge in [0.25, 0.3) is 5.91 Å². The van der Waals surface area contributed by atoms with Gasteiger partial charge in [-0.3, -0.25) is 14.4 Å². The third-order valence-corrected chi connectivity index (χ3v) is 4.36. The number of likely N-dealkylation sites (tertiary alicyclic amines) is 1. The topological polar surface area (TPSA) is 49.9 Å². The summed E-state index contributed by atoms with van der Waals surface area (Å²) in [6, 6.07) is 0.348. The molecule has 0 bridgehead atoms. The Bertz CT molecular complexity index is 338. The lowest BCUT2D eigenvalue weighted by Crippen LogP contribution is -2.38. The highest BCUT2D eigenvalue weighted by Crippen LogP contribution is 2.28. The minimum atomic E-state index is -0.235. The van der Waals surface area contributed by atoms with Crippen LogP contribution in [-0.4, -0.2) is 48.5 Å². The number of amides is 2. The number of hydrogen-bond donors (Lipinski definition) is 0. The third-order valence-electron chi connectivity index (χ3n) is 4.36. The summed E-state index contributed by atoms with van der Waals surface area (Å²) in [5.74, 6) is -0.192. The first-order valence-electron chi connectivity index (χ1n) is 7.24. The van der Waals surface area contributed by atoms with Crippen LogP contribution in [0.15, 0.2) is 0 Å². The first kappa shape index (κ1) is 14.3. The molecule has 108 valence electrons. The van der Waals surface area contributed by atoms with Crippen molar-refractivity contribution in [3.63, 3.8) is 0 Å². The summed E-state index contributed by atoms with van der Waals surface area (Å²) in [6.07, 6.45) is 7.46. The molecular formula is C14H24N2O3. The standard InChI is InChI=1S/C14H24N2O3/c1-15(19-2)14(18)11-9-13(17)16(10-11)12-7-5-3-4-6-8-12/h11-12H,3-10H2,1-2H3. The molecule has 1 aliphatic carbocycles. The Hall–Kier alpha value is -1.10. The SMILES string of the molecule is CON(C)C(=O)C1CC(=O)N(C2CCCCCC2)C1. The van der Waals surface area contributed by atoms with Crippen LogP contribution in [0.1, 0.15) is 44.9 Å². The fraction of sp³-hybridized carbons (Fsp3) is 0.857. The Balaban J connectivity index is 1.96. The molecule has 1 aliphatic heterocycles. The largest absolute Gasteiger partial charge is 0.339 e. The predicted molar refractivity (Wildman–Crippen MR) is 71.1 cm³/mol. The van der Waals surface area contributed by atoms with Gasteiger partial charge >= 0.3 is 0 Å². The van der Waals surface area contributed by atoms with Crippen LogP contribution in [0.25, 0.3) is 0 Å². The molecule has 2 aliphatic rings. The predicted octanol–water partition coefficient (Wildman–Crippen LogP) is 1.58. The smallest absolute Gasteiger partial charge is 0.251 e. The molecule has 0 radical (unpaired) electrons. The fourth-order valence-corrected chi connectivity index (χ4v) is 3.17. The lowest BCUT2D eigenvalue weighted by Gasteiger charge is -2.27. The number of rotatable bonds is 3. The molecule has 0 aromatic heterocycles. The van der Waals surface area contributed by atoms with Crippen LogP contribution in [0.5, 0.6) is 0 Å². The number of hydroxylamine groups is 2. The molecule has 1 unspecified atom stereocenters. The Morgan fingerprint density at radius 2 is 1.89 bits per heavy atom. The van der Waals surface area contributed by atoms with E-state index in [1.54, 1.807) is 7.05 Å². The van der Waals surface area contributed by atoms with E-state index in [0.717, 1.165) is 12.8 Å². The van der Waals surface area contributed by atoms with Crippen molar-refractivity contribution >= 4 is 11.8 Å². The molecule has 2 fully saturated rings. The third kappa shape index (κ3) is 3.26. The van der Waals surface area contributed by atoms with Gasteiger partial charge in [-0.2, -0.15) is 0 Å². The average molecular weight is 268 g/mol. The molecule has 2 amide bonds. The van der Waals surface area contributed by atoms with Crippen molar-refractivity contribution < 1.29 is 14.4 Å². The zero-order valence-corrected chi connectivity index (χ0v) is 11.9. The van der Waals surface area contributed by atoms with Crippen LogP contribution < -0.4 is 0 Å². The second-order valence-corrected chi connectivity index (χ2v) is 5.61. The highest BCUT2D eigenvalue weighted by Gasteiger charge is 2.39. The Morgan fingerprint density at radius 1 is 1.26 bits per heavy atom. The number of hydrogen-bond acceptors (Lipinski definition) is 3. The van der Waals surface area contributed by atoms with E-state index in [1.807, 2.05) is 4.90 Å². The van der Waals surface area contributed by atoms with Crippen LogP contribution in [0, 0.1) is 5.92 Å². The van der Waals surface area contributed by atoms with Gasteiger partial charge < -0.3 is 4.90 Å². The fourth-order valence-electron chi connectivity index (χ4n) is 3.17. The van der Waals surface area contributed by atoms with Crippen molar-refractivity contribution in [1.29, 1.82) is 0 Å². The highest BCUT2D eigenvalue weighted by atomic mass is 16.7. The van der Waals surface area contributed by atoms with E-state index in [1.165, 1.54) is 37.9 Å². The van der Waals surface area contributed by atoms with Gasteiger partial charge in [0.1, 0.15) is 0 Å². The Kier molecular flexibility index (Phi) is 4.80. The Morgan fingerprint density at radius 3 is 2.47 bits per heavy atom. The number of carbonyl (C=O) groups is 2. The molecule has 1 heterocycles. The summed E-state index contributed by atoms with van der Waals surface area (Å²) in [6.45, 7) is 0.566. The van der Waals surface area contributed by atoms with E-state index in [0.29, 0.717) is 19.0 Å². The first-order chi connectivity index (χ1) is 9.13. The van der Waals surface area contributed by atoms with Gasteiger partial charge in [-0.15, -0.1) is 0 Å². The van der Waals surface area contributed by atoms with Gasteiger partial charge in [0.05, 0.1) is 13.0 Å². The molecular weight excluding hydrogens is 244 g/mol. The summed E-state index contributed by atoms with van der Waals surface area (Å²) in [7, 11) is 3.07. The van der Waals surface area contributed by atoms with Gasteiger partial charge in [-0.25, -0.2) is 5.06 Å². The lowest BCUT2D eigenvalue weighted by molar-refractivity contribution is -0.173. The monoisotopic (exact) mass is 268 g/mol. The van der Waals surface area contributed by atoms with Crippen molar-refractivity contribution in [2.75, 3.05) is 20.7 Å². The van der Waals surface area contributed by atoms with Crippen LogP contribution in [0.4, 0.5) is 0 Å². The van der Waals surface area contributed by atoms with E-state index < -0.39 is 0 Å². The highest BCUT2D eigenvalue weighted by molar-refractivity contribution is 5.88. The summed E-state index contributed by atoms with van der Waals surface area (Å²) in [5.41, 5.74) is 0. The maximum atomic E-state index is 12.1. The van der Waals surface area contributed by atoms with Gasteiger partial charge in [0, 0.05) is 26.1 Å². The molecule has 2 rings (SSSR count). The van der Waals surface area contributed by atoms with Gasteiger partial charge in [0.2, 0.25) is 5.91 Å². The van der Waals surface area contributed by atoms with Crippen molar-refractivity contribution in [3.8, 4) is 0 Å². The lowest BCUT2D eigenvalue weighted by atomic mass is 10.1. The van der Waals surface area contributed by atoms with Gasteiger partial charge in [0.15, 0.2) is 0 Å². The summed E-state index contributed by atoms with van der Waals surface area (Å²) >= 11 is 0. The average Bonchev–Trinajstić information content (AvgIpc) is 2.65. The summed E-state index contributed by atoms with van der Waals surface area (Å²) in [4.78, 5) is 31.0. The molecule has 5 nitrogen and oxygen atoms in total. The second-order valence-electron chi connectivity index (χ2n) is 5.61. The second kappa shape index (κ2) is 6.37. The molecule has 1 saturated carbocycles. The van der Waals surface area contributed by atoms with E-state index in [4.69, 9.17) is 4.84 Å². The van der Waals surface area contributed by atoms with Crippen molar-refractivity contribution in [3.05, 3.63) is 0 Å². The maximum Gasteiger partial charge on any atom is 0.251 e.